The summed E-state index contributed by atoms with van der Waals surface area (Å²) >= 11 is 0. The maximum absolute atomic E-state index is 6.15. The molecule has 1 rings (SSSR count). The Hall–Kier alpha value is -1.38. The minimum Gasteiger partial charge on any atom is -0.322 e. The molecule has 0 aromatic heterocycles. The molecule has 16 heavy (non-hydrogen) atoms. The van der Waals surface area contributed by atoms with Crippen molar-refractivity contribution >= 4 is 0 Å². The van der Waals surface area contributed by atoms with E-state index >= 15 is 0 Å². The van der Waals surface area contributed by atoms with E-state index in [1.54, 1.807) is 0 Å². The number of hydrogen-bond acceptors (Lipinski definition) is 2. The van der Waals surface area contributed by atoms with Crippen LogP contribution in [0.5, 0.6) is 0 Å². The lowest BCUT2D eigenvalue weighted by atomic mass is 9.94. The molecule has 0 fully saturated rings. The zero-order valence-corrected chi connectivity index (χ0v) is 9.93. The Morgan fingerprint density at radius 1 is 1.12 bits per heavy atom. The number of rotatable bonds is 4. The van der Waals surface area contributed by atoms with Crippen molar-refractivity contribution in [3.8, 4) is 0 Å². The van der Waals surface area contributed by atoms with Gasteiger partial charge in [-0.05, 0) is 25.0 Å². The second-order valence-electron chi connectivity index (χ2n) is 3.75. The zero-order chi connectivity index (χ0) is 12.0. The third-order valence-corrected chi connectivity index (χ3v) is 2.65. The molecular weight excluding hydrogens is 196 g/mol. The maximum atomic E-state index is 6.15. The fourth-order valence-corrected chi connectivity index (χ4v) is 1.68. The number of hydrogen-bond donors (Lipinski definition) is 2. The third kappa shape index (κ3) is 3.05. The van der Waals surface area contributed by atoms with Gasteiger partial charge in [-0.25, -0.2) is 0 Å². The molecular formula is C14H20N2. The normalized spacial score (nSPS) is 16.4. The average Bonchev–Trinajstić information content (AvgIpc) is 2.35. The van der Waals surface area contributed by atoms with Crippen molar-refractivity contribution in [3.05, 3.63) is 59.7 Å². The van der Waals surface area contributed by atoms with E-state index in [2.05, 4.69) is 0 Å². The van der Waals surface area contributed by atoms with Crippen LogP contribution in [-0.4, -0.2) is 6.04 Å². The van der Waals surface area contributed by atoms with Gasteiger partial charge in [0.05, 0.1) is 0 Å². The van der Waals surface area contributed by atoms with Crippen molar-refractivity contribution in [2.45, 2.75) is 25.9 Å². The zero-order valence-electron chi connectivity index (χ0n) is 9.93. The molecule has 0 saturated heterocycles. The molecule has 0 aliphatic rings. The van der Waals surface area contributed by atoms with E-state index in [1.807, 2.05) is 62.4 Å². The summed E-state index contributed by atoms with van der Waals surface area (Å²) in [6.45, 7) is 3.96. The molecule has 4 N–H and O–H groups in total. The van der Waals surface area contributed by atoms with Crippen molar-refractivity contribution < 1.29 is 0 Å². The molecule has 1 aromatic carbocycles. The second kappa shape index (κ2) is 6.26. The third-order valence-electron chi connectivity index (χ3n) is 2.65. The standard InChI is InChI=1S/C14H20N2/c1-3-8-11(4-2)13(15)14(16)12-9-6-5-7-10-12/h3-10,13-14H,15-16H2,1-2H3/b8-3-,11-4+/t13-,14?/m0/s1. The summed E-state index contributed by atoms with van der Waals surface area (Å²) in [5, 5.41) is 0. The lowest BCUT2D eigenvalue weighted by molar-refractivity contribution is 0.618. The average molecular weight is 216 g/mol. The van der Waals surface area contributed by atoms with E-state index in [0.29, 0.717) is 0 Å². The van der Waals surface area contributed by atoms with Crippen LogP contribution in [0.4, 0.5) is 0 Å². The van der Waals surface area contributed by atoms with E-state index in [9.17, 15) is 0 Å². The van der Waals surface area contributed by atoms with Crippen LogP contribution in [0.25, 0.3) is 0 Å². The van der Waals surface area contributed by atoms with Crippen molar-refractivity contribution in [2.75, 3.05) is 0 Å². The summed E-state index contributed by atoms with van der Waals surface area (Å²) in [4.78, 5) is 0. The van der Waals surface area contributed by atoms with E-state index in [1.165, 1.54) is 0 Å². The fourth-order valence-electron chi connectivity index (χ4n) is 1.68. The van der Waals surface area contributed by atoms with Gasteiger partial charge in [0.1, 0.15) is 0 Å². The van der Waals surface area contributed by atoms with E-state index in [0.717, 1.165) is 11.1 Å². The monoisotopic (exact) mass is 216 g/mol. The van der Waals surface area contributed by atoms with Crippen LogP contribution in [-0.2, 0) is 0 Å². The Morgan fingerprint density at radius 2 is 1.75 bits per heavy atom. The first-order valence-electron chi connectivity index (χ1n) is 5.55. The molecule has 2 nitrogen and oxygen atoms in total. The highest BCUT2D eigenvalue weighted by Crippen LogP contribution is 2.18. The molecule has 0 aliphatic carbocycles. The Balaban J connectivity index is 2.86. The highest BCUT2D eigenvalue weighted by Gasteiger charge is 2.16. The minimum absolute atomic E-state index is 0.163. The predicted octanol–water partition coefficient (Wildman–Crippen LogP) is 2.54. The van der Waals surface area contributed by atoms with E-state index < -0.39 is 0 Å². The fraction of sp³-hybridized carbons (Fsp3) is 0.286. The Morgan fingerprint density at radius 3 is 2.25 bits per heavy atom. The van der Waals surface area contributed by atoms with Crippen molar-refractivity contribution in [2.24, 2.45) is 11.5 Å². The van der Waals surface area contributed by atoms with Gasteiger partial charge in [-0.15, -0.1) is 0 Å². The topological polar surface area (TPSA) is 52.0 Å². The molecule has 0 amide bonds. The van der Waals surface area contributed by atoms with Gasteiger partial charge >= 0.3 is 0 Å². The largest absolute Gasteiger partial charge is 0.322 e. The first-order chi connectivity index (χ1) is 7.70. The molecule has 1 aromatic rings. The molecule has 2 atom stereocenters. The number of benzene rings is 1. The van der Waals surface area contributed by atoms with Crippen LogP contribution in [0.3, 0.4) is 0 Å². The summed E-state index contributed by atoms with van der Waals surface area (Å²) in [6.07, 6.45) is 5.99. The van der Waals surface area contributed by atoms with Crippen LogP contribution >= 0.6 is 0 Å². The van der Waals surface area contributed by atoms with Gasteiger partial charge in [0, 0.05) is 12.1 Å². The molecule has 86 valence electrons. The summed E-state index contributed by atoms with van der Waals surface area (Å²) in [5.74, 6) is 0. The van der Waals surface area contributed by atoms with Crippen molar-refractivity contribution in [3.63, 3.8) is 0 Å². The van der Waals surface area contributed by atoms with Gasteiger partial charge in [-0.1, -0.05) is 48.6 Å². The van der Waals surface area contributed by atoms with Gasteiger partial charge in [0.2, 0.25) is 0 Å². The van der Waals surface area contributed by atoms with Gasteiger partial charge in [-0.3, -0.25) is 0 Å². The number of allylic oxidation sites excluding steroid dienone is 2. The van der Waals surface area contributed by atoms with Gasteiger partial charge in [-0.2, -0.15) is 0 Å². The Bertz CT molecular complexity index is 366. The molecule has 1 unspecified atom stereocenters. The van der Waals surface area contributed by atoms with Crippen LogP contribution in [0.1, 0.15) is 25.5 Å². The lowest BCUT2D eigenvalue weighted by Crippen LogP contribution is -2.35. The number of nitrogens with two attached hydrogens (primary N) is 2. The van der Waals surface area contributed by atoms with Gasteiger partial charge < -0.3 is 11.5 Å². The Labute approximate surface area is 97.7 Å². The van der Waals surface area contributed by atoms with Crippen LogP contribution in [0.2, 0.25) is 0 Å². The predicted molar refractivity (Wildman–Crippen MR) is 69.9 cm³/mol. The lowest BCUT2D eigenvalue weighted by Gasteiger charge is -2.21. The molecule has 0 spiro atoms. The maximum Gasteiger partial charge on any atom is 0.0491 e. The van der Waals surface area contributed by atoms with Gasteiger partial charge in [0.15, 0.2) is 0 Å². The molecule has 0 bridgehead atoms. The molecule has 2 heteroatoms. The Kier molecular flexibility index (Phi) is 4.96. The summed E-state index contributed by atoms with van der Waals surface area (Å²) in [5.41, 5.74) is 14.4. The van der Waals surface area contributed by atoms with Crippen molar-refractivity contribution in [1.29, 1.82) is 0 Å². The molecule has 0 radical (unpaired) electrons. The first-order valence-corrected chi connectivity index (χ1v) is 5.55. The van der Waals surface area contributed by atoms with Crippen LogP contribution < -0.4 is 11.5 Å². The first kappa shape index (κ1) is 12.7. The quantitative estimate of drug-likeness (QED) is 0.760. The molecule has 0 heterocycles. The summed E-state index contributed by atoms with van der Waals surface area (Å²) in [7, 11) is 0. The van der Waals surface area contributed by atoms with Crippen LogP contribution in [0, 0.1) is 0 Å². The molecule has 0 saturated carbocycles. The minimum atomic E-state index is -0.163. The van der Waals surface area contributed by atoms with E-state index in [4.69, 9.17) is 11.5 Å². The smallest absolute Gasteiger partial charge is 0.0491 e. The molecule has 0 aliphatic heterocycles. The van der Waals surface area contributed by atoms with Gasteiger partial charge in [0.25, 0.3) is 0 Å². The van der Waals surface area contributed by atoms with E-state index in [-0.39, 0.29) is 12.1 Å². The summed E-state index contributed by atoms with van der Waals surface area (Å²) in [6, 6.07) is 9.62. The summed E-state index contributed by atoms with van der Waals surface area (Å²) < 4.78 is 0. The SMILES string of the molecule is C/C=C\C(=C/C)[C@H](N)C(N)c1ccccc1. The van der Waals surface area contributed by atoms with Crippen LogP contribution in [0.15, 0.2) is 54.1 Å². The second-order valence-corrected chi connectivity index (χ2v) is 3.75. The highest BCUT2D eigenvalue weighted by molar-refractivity contribution is 5.30. The van der Waals surface area contributed by atoms with Crippen molar-refractivity contribution in [1.82, 2.24) is 0 Å². The highest BCUT2D eigenvalue weighted by atomic mass is 14.8.